The molecule has 1 aromatic heterocycles. The van der Waals surface area contributed by atoms with E-state index in [2.05, 4.69) is 50.1 Å². The predicted molar refractivity (Wildman–Crippen MR) is 99.0 cm³/mol. The largest absolute Gasteiger partial charge is 0.424 e. The lowest BCUT2D eigenvalue weighted by atomic mass is 10.1. The maximum Gasteiger partial charge on any atom is 0.230 e. The lowest BCUT2D eigenvalue weighted by Gasteiger charge is -2.25. The highest BCUT2D eigenvalue weighted by molar-refractivity contribution is 5.58. The van der Waals surface area contributed by atoms with Crippen molar-refractivity contribution in [1.82, 2.24) is 20.0 Å². The van der Waals surface area contributed by atoms with E-state index in [-0.39, 0.29) is 12.1 Å². The van der Waals surface area contributed by atoms with Gasteiger partial charge in [-0.2, -0.15) is 0 Å². The van der Waals surface area contributed by atoms with Gasteiger partial charge in [0.15, 0.2) is 0 Å². The van der Waals surface area contributed by atoms with Gasteiger partial charge in [-0.05, 0) is 30.7 Å². The normalized spacial score (nSPS) is 23.2. The molecule has 2 atom stereocenters. The zero-order chi connectivity index (χ0) is 18.3. The number of anilines is 1. The average Bonchev–Trinajstić information content (AvgIpc) is 3.28. The molecule has 7 nitrogen and oxygen atoms in total. The van der Waals surface area contributed by atoms with Crippen molar-refractivity contribution in [2.45, 2.75) is 38.6 Å². The van der Waals surface area contributed by atoms with Crippen molar-refractivity contribution in [2.75, 3.05) is 38.6 Å². The second-order valence-corrected chi connectivity index (χ2v) is 7.59. The van der Waals surface area contributed by atoms with Gasteiger partial charge in [-0.25, -0.2) is 0 Å². The number of rotatable bonds is 5. The molecule has 1 fully saturated rings. The number of aryl methyl sites for hydroxylation is 1. The Labute approximate surface area is 154 Å². The minimum atomic E-state index is -0.371. The predicted octanol–water partition coefficient (Wildman–Crippen LogP) is 1.05. The van der Waals surface area contributed by atoms with E-state index in [4.69, 9.17) is 4.42 Å². The second kappa shape index (κ2) is 6.98. The molecule has 1 unspecified atom stereocenters. The van der Waals surface area contributed by atoms with Crippen LogP contribution in [0, 0.1) is 6.92 Å². The molecule has 7 heteroatoms. The monoisotopic (exact) mass is 357 g/mol. The molecule has 1 saturated heterocycles. The molecule has 2 aliphatic heterocycles. The molecule has 2 aromatic rings. The smallest absolute Gasteiger partial charge is 0.230 e. The molecule has 1 aromatic carbocycles. The van der Waals surface area contributed by atoms with E-state index in [0.717, 1.165) is 26.1 Å². The van der Waals surface area contributed by atoms with Gasteiger partial charge in [0.05, 0.1) is 12.6 Å². The third-order valence-corrected chi connectivity index (χ3v) is 5.53. The van der Waals surface area contributed by atoms with Crippen molar-refractivity contribution in [3.05, 3.63) is 41.1 Å². The van der Waals surface area contributed by atoms with Gasteiger partial charge in [-0.1, -0.05) is 12.1 Å². The fourth-order valence-electron chi connectivity index (χ4n) is 4.12. The van der Waals surface area contributed by atoms with Crippen LogP contribution in [-0.4, -0.2) is 71.0 Å². The van der Waals surface area contributed by atoms with Crippen LogP contribution in [0.3, 0.4) is 0 Å². The standard InChI is InChI=1S/C19H27N5O2/c1-13-20-21-19(26-13)12-23(3)17-10-24(11-18(17)25)9-14-4-5-16-15(8-14)6-7-22(16)2/h4-5,8,17-18,25H,6-7,9-12H2,1-3H3/t17?,18-/m1/s1. The number of hydrogen-bond donors (Lipinski definition) is 1. The van der Waals surface area contributed by atoms with Crippen LogP contribution in [0.15, 0.2) is 22.6 Å². The Hall–Kier alpha value is -1.96. The molecule has 1 N–H and O–H groups in total. The van der Waals surface area contributed by atoms with Crippen LogP contribution in [-0.2, 0) is 19.5 Å². The van der Waals surface area contributed by atoms with Gasteiger partial charge in [0.2, 0.25) is 11.8 Å². The minimum Gasteiger partial charge on any atom is -0.424 e. The van der Waals surface area contributed by atoms with E-state index in [9.17, 15) is 5.11 Å². The Kier molecular flexibility index (Phi) is 4.69. The van der Waals surface area contributed by atoms with Gasteiger partial charge < -0.3 is 14.4 Å². The van der Waals surface area contributed by atoms with E-state index in [1.807, 2.05) is 7.05 Å². The fourth-order valence-corrected chi connectivity index (χ4v) is 4.12. The number of aliphatic hydroxyl groups excluding tert-OH is 1. The van der Waals surface area contributed by atoms with Crippen molar-refractivity contribution in [2.24, 2.45) is 0 Å². The van der Waals surface area contributed by atoms with Gasteiger partial charge >= 0.3 is 0 Å². The van der Waals surface area contributed by atoms with Crippen LogP contribution in [0.2, 0.25) is 0 Å². The zero-order valence-corrected chi connectivity index (χ0v) is 15.7. The third-order valence-electron chi connectivity index (χ3n) is 5.53. The molecule has 0 radical (unpaired) electrons. The van der Waals surface area contributed by atoms with Gasteiger partial charge in [-0.3, -0.25) is 9.80 Å². The van der Waals surface area contributed by atoms with Crippen molar-refractivity contribution in [3.8, 4) is 0 Å². The van der Waals surface area contributed by atoms with E-state index >= 15 is 0 Å². The second-order valence-electron chi connectivity index (χ2n) is 7.59. The first-order chi connectivity index (χ1) is 12.5. The molecule has 0 saturated carbocycles. The van der Waals surface area contributed by atoms with Gasteiger partial charge in [0, 0.05) is 51.9 Å². The minimum absolute atomic E-state index is 0.0720. The summed E-state index contributed by atoms with van der Waals surface area (Å²) < 4.78 is 5.46. The number of hydrogen-bond acceptors (Lipinski definition) is 7. The first kappa shape index (κ1) is 17.5. The van der Waals surface area contributed by atoms with Crippen molar-refractivity contribution in [1.29, 1.82) is 0 Å². The Bertz CT molecular complexity index is 777. The number of fused-ring (bicyclic) bond motifs is 1. The molecule has 2 aliphatic rings. The van der Waals surface area contributed by atoms with Gasteiger partial charge in [0.1, 0.15) is 0 Å². The average molecular weight is 357 g/mol. The molecule has 0 aliphatic carbocycles. The summed E-state index contributed by atoms with van der Waals surface area (Å²) in [5, 5.41) is 18.4. The number of β-amino-alcohol motifs (C(OH)–C–C–N with tert-alkyl or cyclic N) is 1. The zero-order valence-electron chi connectivity index (χ0n) is 15.7. The summed E-state index contributed by atoms with van der Waals surface area (Å²) in [6.45, 7) is 5.84. The lowest BCUT2D eigenvalue weighted by Crippen LogP contribution is -2.40. The molecule has 140 valence electrons. The Morgan fingerprint density at radius 2 is 2.15 bits per heavy atom. The van der Waals surface area contributed by atoms with Crippen LogP contribution in [0.1, 0.15) is 22.9 Å². The molecule has 4 rings (SSSR count). The Balaban J connectivity index is 1.37. The van der Waals surface area contributed by atoms with E-state index in [1.54, 1.807) is 6.92 Å². The van der Waals surface area contributed by atoms with Gasteiger partial charge in [-0.15, -0.1) is 10.2 Å². The first-order valence-corrected chi connectivity index (χ1v) is 9.22. The Morgan fingerprint density at radius 3 is 2.92 bits per heavy atom. The van der Waals surface area contributed by atoms with Gasteiger partial charge in [0.25, 0.3) is 0 Å². The molecule has 3 heterocycles. The number of likely N-dealkylation sites (tertiary alicyclic amines) is 1. The summed E-state index contributed by atoms with van der Waals surface area (Å²) >= 11 is 0. The number of benzene rings is 1. The van der Waals surface area contributed by atoms with E-state index < -0.39 is 0 Å². The Morgan fingerprint density at radius 1 is 1.31 bits per heavy atom. The van der Waals surface area contributed by atoms with Crippen LogP contribution < -0.4 is 4.90 Å². The fraction of sp³-hybridized carbons (Fsp3) is 0.579. The van der Waals surface area contributed by atoms with E-state index in [0.29, 0.717) is 24.9 Å². The van der Waals surface area contributed by atoms with Crippen molar-refractivity contribution >= 4 is 5.69 Å². The summed E-state index contributed by atoms with van der Waals surface area (Å²) in [5.74, 6) is 1.17. The number of likely N-dealkylation sites (N-methyl/N-ethyl adjacent to an activating group) is 2. The number of nitrogens with zero attached hydrogens (tertiary/aromatic N) is 5. The molecule has 26 heavy (non-hydrogen) atoms. The van der Waals surface area contributed by atoms with Crippen LogP contribution in [0.4, 0.5) is 5.69 Å². The van der Waals surface area contributed by atoms with Crippen molar-refractivity contribution < 1.29 is 9.52 Å². The topological polar surface area (TPSA) is 68.9 Å². The maximum absolute atomic E-state index is 10.5. The summed E-state index contributed by atoms with van der Waals surface area (Å²) in [6, 6.07) is 6.84. The molecular weight excluding hydrogens is 330 g/mol. The highest BCUT2D eigenvalue weighted by atomic mass is 16.4. The van der Waals surface area contributed by atoms with Crippen molar-refractivity contribution in [3.63, 3.8) is 0 Å². The van der Waals surface area contributed by atoms with Crippen LogP contribution >= 0.6 is 0 Å². The molecule has 0 spiro atoms. The summed E-state index contributed by atoms with van der Waals surface area (Å²) in [5.41, 5.74) is 4.11. The number of aliphatic hydroxyl groups is 1. The molecule has 0 bridgehead atoms. The van der Waals surface area contributed by atoms with Crippen LogP contribution in [0.25, 0.3) is 0 Å². The first-order valence-electron chi connectivity index (χ1n) is 9.22. The maximum atomic E-state index is 10.5. The van der Waals surface area contributed by atoms with E-state index in [1.165, 1.54) is 16.8 Å². The summed E-state index contributed by atoms with van der Waals surface area (Å²) in [7, 11) is 4.15. The summed E-state index contributed by atoms with van der Waals surface area (Å²) in [6.07, 6.45) is 0.752. The summed E-state index contributed by atoms with van der Waals surface area (Å²) in [4.78, 5) is 6.74. The van der Waals surface area contributed by atoms with Crippen LogP contribution in [0.5, 0.6) is 0 Å². The lowest BCUT2D eigenvalue weighted by molar-refractivity contribution is 0.0899. The SMILES string of the molecule is Cc1nnc(CN(C)C2CN(Cc3ccc4c(c3)CCN4C)C[C@H]2O)o1. The molecule has 0 amide bonds. The highest BCUT2D eigenvalue weighted by Crippen LogP contribution is 2.28. The highest BCUT2D eigenvalue weighted by Gasteiger charge is 2.34. The quantitative estimate of drug-likeness (QED) is 0.858. The third kappa shape index (κ3) is 3.47. The molecular formula is C19H27N5O2. The number of aromatic nitrogens is 2.